The summed E-state index contributed by atoms with van der Waals surface area (Å²) in [6, 6.07) is 4.16. The molecule has 3 rings (SSSR count). The summed E-state index contributed by atoms with van der Waals surface area (Å²) in [4.78, 5) is 8.74. The van der Waals surface area contributed by atoms with Crippen molar-refractivity contribution in [2.24, 2.45) is 5.73 Å². The topological polar surface area (TPSA) is 61.0 Å². The molecule has 0 saturated carbocycles. The number of nitrogens with zero attached hydrogens (tertiary/aromatic N) is 2. The monoisotopic (exact) mass is 283 g/mol. The second-order valence-electron chi connectivity index (χ2n) is 5.68. The lowest BCUT2D eigenvalue weighted by Gasteiger charge is -2.19. The predicted molar refractivity (Wildman–Crippen MR) is 82.6 cm³/mol. The number of nitrogens with two attached hydrogens (primary N) is 1. The van der Waals surface area contributed by atoms with Crippen LogP contribution in [0.25, 0.3) is 0 Å². The van der Waals surface area contributed by atoms with E-state index < -0.39 is 0 Å². The van der Waals surface area contributed by atoms with E-state index in [9.17, 15) is 0 Å². The van der Waals surface area contributed by atoms with Gasteiger partial charge < -0.3 is 10.5 Å². The molecular formula is C17H21N3O. The Morgan fingerprint density at radius 3 is 2.52 bits per heavy atom. The number of fused-ring (bicyclic) bond motifs is 1. The van der Waals surface area contributed by atoms with Crippen molar-refractivity contribution in [3.63, 3.8) is 0 Å². The highest BCUT2D eigenvalue weighted by Crippen LogP contribution is 2.33. The fourth-order valence-electron chi connectivity index (χ4n) is 2.99. The van der Waals surface area contributed by atoms with Crippen LogP contribution in [-0.4, -0.2) is 9.97 Å². The first-order chi connectivity index (χ1) is 10.2. The molecule has 1 aliphatic rings. The Hall–Kier alpha value is -1.94. The molecule has 0 radical (unpaired) electrons. The normalized spacial score (nSPS) is 13.9. The number of benzene rings is 1. The molecule has 0 unspecified atom stereocenters. The minimum absolute atomic E-state index is 0.546. The molecule has 1 aliphatic carbocycles. The first kappa shape index (κ1) is 14.0. The van der Waals surface area contributed by atoms with Crippen LogP contribution in [0.1, 0.15) is 40.8 Å². The second-order valence-corrected chi connectivity index (χ2v) is 5.68. The molecule has 0 atom stereocenters. The van der Waals surface area contributed by atoms with Crippen molar-refractivity contribution in [2.75, 3.05) is 0 Å². The van der Waals surface area contributed by atoms with Crippen LogP contribution in [-0.2, 0) is 19.4 Å². The van der Waals surface area contributed by atoms with Gasteiger partial charge in [0.1, 0.15) is 12.1 Å². The van der Waals surface area contributed by atoms with Crippen LogP contribution >= 0.6 is 0 Å². The van der Waals surface area contributed by atoms with Crippen molar-refractivity contribution in [1.82, 2.24) is 9.97 Å². The Labute approximate surface area is 125 Å². The number of aryl methyl sites for hydroxylation is 3. The fourth-order valence-corrected chi connectivity index (χ4v) is 2.99. The van der Waals surface area contributed by atoms with E-state index in [1.807, 2.05) is 0 Å². The molecule has 2 aromatic rings. The van der Waals surface area contributed by atoms with Gasteiger partial charge in [-0.25, -0.2) is 9.97 Å². The predicted octanol–water partition coefficient (Wildman–Crippen LogP) is 3.22. The van der Waals surface area contributed by atoms with Crippen molar-refractivity contribution in [1.29, 1.82) is 0 Å². The number of aromatic nitrogens is 2. The molecule has 0 bridgehead atoms. The average Bonchev–Trinajstić information content (AvgIpc) is 2.50. The molecule has 1 heterocycles. The maximum atomic E-state index is 6.15. The first-order valence-electron chi connectivity index (χ1n) is 7.50. The van der Waals surface area contributed by atoms with Gasteiger partial charge in [-0.05, 0) is 56.2 Å². The highest BCUT2D eigenvalue weighted by Gasteiger charge is 2.18. The molecule has 4 heteroatoms. The second kappa shape index (κ2) is 5.82. The van der Waals surface area contributed by atoms with Crippen LogP contribution in [0.5, 0.6) is 11.6 Å². The van der Waals surface area contributed by atoms with Gasteiger partial charge in [0, 0.05) is 12.1 Å². The molecule has 21 heavy (non-hydrogen) atoms. The van der Waals surface area contributed by atoms with Gasteiger partial charge in [0.15, 0.2) is 0 Å². The van der Waals surface area contributed by atoms with Gasteiger partial charge in [-0.2, -0.15) is 0 Å². The van der Waals surface area contributed by atoms with E-state index in [-0.39, 0.29) is 0 Å². The standard InChI is InChI=1S/C17H21N3O/c1-11-7-13(9-18)8-12(2)16(11)21-17-14-5-3-4-6-15(14)19-10-20-17/h7-8,10H,3-6,9,18H2,1-2H3. The maximum absolute atomic E-state index is 6.15. The summed E-state index contributed by atoms with van der Waals surface area (Å²) < 4.78 is 6.15. The molecule has 0 saturated heterocycles. The third kappa shape index (κ3) is 2.76. The summed E-state index contributed by atoms with van der Waals surface area (Å²) in [7, 11) is 0. The van der Waals surface area contributed by atoms with Gasteiger partial charge in [-0.1, -0.05) is 12.1 Å². The van der Waals surface area contributed by atoms with Crippen LogP contribution in [0.15, 0.2) is 18.5 Å². The molecular weight excluding hydrogens is 262 g/mol. The van der Waals surface area contributed by atoms with Gasteiger partial charge >= 0.3 is 0 Å². The van der Waals surface area contributed by atoms with Crippen LogP contribution in [0.3, 0.4) is 0 Å². The zero-order valence-corrected chi connectivity index (χ0v) is 12.6. The van der Waals surface area contributed by atoms with Gasteiger partial charge in [-0.15, -0.1) is 0 Å². The maximum Gasteiger partial charge on any atom is 0.225 e. The number of hydrogen-bond acceptors (Lipinski definition) is 4. The van der Waals surface area contributed by atoms with E-state index in [2.05, 4.69) is 35.9 Å². The Morgan fingerprint density at radius 2 is 1.81 bits per heavy atom. The minimum Gasteiger partial charge on any atom is -0.438 e. The molecule has 1 aromatic carbocycles. The molecule has 0 spiro atoms. The smallest absolute Gasteiger partial charge is 0.225 e. The van der Waals surface area contributed by atoms with Gasteiger partial charge in [0.05, 0.1) is 5.69 Å². The van der Waals surface area contributed by atoms with Crippen molar-refractivity contribution < 1.29 is 4.74 Å². The Bertz CT molecular complexity index is 644. The van der Waals surface area contributed by atoms with Gasteiger partial charge in [0.2, 0.25) is 5.88 Å². The first-order valence-corrected chi connectivity index (χ1v) is 7.50. The van der Waals surface area contributed by atoms with E-state index in [0.29, 0.717) is 12.4 Å². The number of ether oxygens (including phenoxy) is 1. The molecule has 110 valence electrons. The number of rotatable bonds is 3. The lowest BCUT2D eigenvalue weighted by molar-refractivity contribution is 0.440. The third-order valence-corrected chi connectivity index (χ3v) is 4.04. The molecule has 0 amide bonds. The van der Waals surface area contributed by atoms with E-state index in [1.54, 1.807) is 6.33 Å². The number of hydrogen-bond donors (Lipinski definition) is 1. The van der Waals surface area contributed by atoms with Crippen molar-refractivity contribution in [2.45, 2.75) is 46.1 Å². The minimum atomic E-state index is 0.546. The van der Waals surface area contributed by atoms with Gasteiger partial charge in [-0.3, -0.25) is 0 Å². The Morgan fingerprint density at radius 1 is 1.10 bits per heavy atom. The Kier molecular flexibility index (Phi) is 3.88. The van der Waals surface area contributed by atoms with Crippen molar-refractivity contribution in [3.8, 4) is 11.6 Å². The van der Waals surface area contributed by atoms with E-state index in [0.717, 1.165) is 41.0 Å². The summed E-state index contributed by atoms with van der Waals surface area (Å²) in [5.74, 6) is 1.60. The van der Waals surface area contributed by atoms with E-state index >= 15 is 0 Å². The summed E-state index contributed by atoms with van der Waals surface area (Å²) in [5.41, 5.74) is 11.3. The van der Waals surface area contributed by atoms with E-state index in [4.69, 9.17) is 10.5 Å². The molecule has 1 aromatic heterocycles. The third-order valence-electron chi connectivity index (χ3n) is 4.04. The molecule has 0 fully saturated rings. The summed E-state index contributed by atoms with van der Waals surface area (Å²) >= 11 is 0. The average molecular weight is 283 g/mol. The molecule has 2 N–H and O–H groups in total. The van der Waals surface area contributed by atoms with Crippen molar-refractivity contribution in [3.05, 3.63) is 46.4 Å². The SMILES string of the molecule is Cc1cc(CN)cc(C)c1Oc1ncnc2c1CCCC2. The van der Waals surface area contributed by atoms with Crippen LogP contribution < -0.4 is 10.5 Å². The zero-order valence-electron chi connectivity index (χ0n) is 12.6. The summed E-state index contributed by atoms with van der Waals surface area (Å²) in [5, 5.41) is 0. The quantitative estimate of drug-likeness (QED) is 0.939. The largest absolute Gasteiger partial charge is 0.438 e. The fraction of sp³-hybridized carbons (Fsp3) is 0.412. The summed E-state index contributed by atoms with van der Waals surface area (Å²) in [6.45, 7) is 4.65. The van der Waals surface area contributed by atoms with Crippen LogP contribution in [0.2, 0.25) is 0 Å². The highest BCUT2D eigenvalue weighted by molar-refractivity contribution is 5.46. The highest BCUT2D eigenvalue weighted by atomic mass is 16.5. The van der Waals surface area contributed by atoms with Crippen LogP contribution in [0, 0.1) is 13.8 Å². The summed E-state index contributed by atoms with van der Waals surface area (Å²) in [6.07, 6.45) is 6.02. The van der Waals surface area contributed by atoms with E-state index in [1.165, 1.54) is 18.4 Å². The van der Waals surface area contributed by atoms with Crippen molar-refractivity contribution >= 4 is 0 Å². The lowest BCUT2D eigenvalue weighted by Crippen LogP contribution is -2.09. The van der Waals surface area contributed by atoms with Gasteiger partial charge in [0.25, 0.3) is 0 Å². The Balaban J connectivity index is 1.98. The lowest BCUT2D eigenvalue weighted by atomic mass is 9.97. The molecule has 0 aliphatic heterocycles. The molecule has 4 nitrogen and oxygen atoms in total. The van der Waals surface area contributed by atoms with Crippen LogP contribution in [0.4, 0.5) is 0 Å². The zero-order chi connectivity index (χ0) is 14.8.